The second-order valence-electron chi connectivity index (χ2n) is 6.35. The van der Waals surface area contributed by atoms with Gasteiger partial charge in [-0.2, -0.15) is 4.98 Å². The number of halogens is 2. The predicted molar refractivity (Wildman–Crippen MR) is 107 cm³/mol. The molecule has 0 bridgehead atoms. The van der Waals surface area contributed by atoms with Crippen molar-refractivity contribution in [3.63, 3.8) is 0 Å². The number of aromatic nitrogens is 3. The Hall–Kier alpha value is -3.74. The largest absolute Gasteiger partial charge is 0.360 e. The van der Waals surface area contributed by atoms with Crippen molar-refractivity contribution in [1.82, 2.24) is 14.6 Å². The minimum Gasteiger partial charge on any atom is -0.360 e. The van der Waals surface area contributed by atoms with E-state index < -0.39 is 11.6 Å². The van der Waals surface area contributed by atoms with E-state index in [1.807, 2.05) is 31.2 Å². The lowest BCUT2D eigenvalue weighted by molar-refractivity contribution is 0.509. The van der Waals surface area contributed by atoms with Crippen LogP contribution in [-0.4, -0.2) is 14.6 Å². The highest BCUT2D eigenvalue weighted by molar-refractivity contribution is 5.65. The van der Waals surface area contributed by atoms with Crippen LogP contribution in [0.15, 0.2) is 72.9 Å². The third-order valence-corrected chi connectivity index (χ3v) is 4.07. The van der Waals surface area contributed by atoms with Crippen LogP contribution in [0.3, 0.4) is 0 Å². The first kappa shape index (κ1) is 17.7. The molecule has 4 aromatic rings. The van der Waals surface area contributed by atoms with Crippen molar-refractivity contribution in [1.29, 1.82) is 0 Å². The summed E-state index contributed by atoms with van der Waals surface area (Å²) in [5, 5.41) is 10.7. The number of nitrogens with one attached hydrogen (secondary N) is 2. The minimum atomic E-state index is -0.906. The molecule has 0 spiro atoms. The highest BCUT2D eigenvalue weighted by atomic mass is 19.2. The Morgan fingerprint density at radius 2 is 1.71 bits per heavy atom. The number of anilines is 3. The van der Waals surface area contributed by atoms with Crippen molar-refractivity contribution in [3.8, 4) is 11.3 Å². The summed E-state index contributed by atoms with van der Waals surface area (Å²) in [5.41, 5.74) is 4.31. The molecule has 28 heavy (non-hydrogen) atoms. The lowest BCUT2D eigenvalue weighted by Crippen LogP contribution is -1.97. The van der Waals surface area contributed by atoms with Gasteiger partial charge in [0.15, 0.2) is 17.3 Å². The van der Waals surface area contributed by atoms with Crippen LogP contribution in [0, 0.1) is 11.6 Å². The van der Waals surface area contributed by atoms with Crippen LogP contribution in [0.1, 0.15) is 6.92 Å². The van der Waals surface area contributed by atoms with E-state index in [0.717, 1.165) is 29.2 Å². The van der Waals surface area contributed by atoms with Gasteiger partial charge >= 0.3 is 0 Å². The molecule has 2 aromatic carbocycles. The molecule has 0 saturated carbocycles. The van der Waals surface area contributed by atoms with Crippen LogP contribution in [0.4, 0.5) is 26.1 Å². The molecule has 0 fully saturated rings. The van der Waals surface area contributed by atoms with Gasteiger partial charge in [0.05, 0.1) is 5.69 Å². The fourth-order valence-corrected chi connectivity index (χ4v) is 2.84. The van der Waals surface area contributed by atoms with Crippen LogP contribution in [-0.2, 0) is 0 Å². The molecule has 0 unspecified atom stereocenters. The molecule has 0 amide bonds. The van der Waals surface area contributed by atoms with E-state index in [1.54, 1.807) is 22.7 Å². The number of nitrogens with zero attached hydrogens (tertiary/aromatic N) is 3. The second kappa shape index (κ2) is 7.11. The van der Waals surface area contributed by atoms with Crippen molar-refractivity contribution in [2.75, 3.05) is 10.6 Å². The molecule has 0 aliphatic heterocycles. The summed E-state index contributed by atoms with van der Waals surface area (Å²) in [7, 11) is 0. The molecule has 140 valence electrons. The van der Waals surface area contributed by atoms with Gasteiger partial charge in [0, 0.05) is 22.6 Å². The Morgan fingerprint density at radius 1 is 0.964 bits per heavy atom. The van der Waals surface area contributed by atoms with Crippen LogP contribution in [0.2, 0.25) is 0 Å². The maximum atomic E-state index is 13.6. The number of benzene rings is 2. The van der Waals surface area contributed by atoms with Gasteiger partial charge in [-0.25, -0.2) is 13.3 Å². The number of hydrogen-bond acceptors (Lipinski definition) is 4. The average molecular weight is 377 g/mol. The molecule has 0 saturated heterocycles. The third-order valence-electron chi connectivity index (χ3n) is 4.07. The smallest absolute Gasteiger partial charge is 0.247 e. The van der Waals surface area contributed by atoms with Gasteiger partial charge in [-0.05, 0) is 61.5 Å². The summed E-state index contributed by atoms with van der Waals surface area (Å²) >= 11 is 0. The highest BCUT2D eigenvalue weighted by Crippen LogP contribution is 2.24. The number of pyridine rings is 1. The van der Waals surface area contributed by atoms with Gasteiger partial charge in [0.25, 0.3) is 0 Å². The first-order chi connectivity index (χ1) is 13.5. The molecule has 0 aliphatic carbocycles. The topological polar surface area (TPSA) is 54.2 Å². The Morgan fingerprint density at radius 3 is 2.43 bits per heavy atom. The predicted octanol–water partition coefficient (Wildman–Crippen LogP) is 5.36. The molecular weight excluding hydrogens is 360 g/mol. The molecule has 0 radical (unpaired) electrons. The maximum Gasteiger partial charge on any atom is 0.247 e. The zero-order valence-corrected chi connectivity index (χ0v) is 15.1. The van der Waals surface area contributed by atoms with E-state index in [0.29, 0.717) is 22.9 Å². The molecule has 2 N–H and O–H groups in total. The van der Waals surface area contributed by atoms with E-state index in [4.69, 9.17) is 0 Å². The van der Waals surface area contributed by atoms with Crippen LogP contribution < -0.4 is 10.6 Å². The molecular formula is C21H17F2N5. The quantitative estimate of drug-likeness (QED) is 0.491. The monoisotopic (exact) mass is 377 g/mol. The Balaban J connectivity index is 1.65. The number of fused-ring (bicyclic) bond motifs is 1. The fourth-order valence-electron chi connectivity index (χ4n) is 2.84. The van der Waals surface area contributed by atoms with Crippen LogP contribution in [0.5, 0.6) is 0 Å². The van der Waals surface area contributed by atoms with Crippen LogP contribution in [0.25, 0.3) is 16.9 Å². The number of hydrogen-bond donors (Lipinski definition) is 2. The first-order valence-electron chi connectivity index (χ1n) is 8.60. The van der Waals surface area contributed by atoms with E-state index in [1.165, 1.54) is 6.07 Å². The minimum absolute atomic E-state index is 0.399. The highest BCUT2D eigenvalue weighted by Gasteiger charge is 2.11. The van der Waals surface area contributed by atoms with Crippen molar-refractivity contribution in [2.24, 2.45) is 0 Å². The molecule has 2 heterocycles. The lowest BCUT2D eigenvalue weighted by atomic mass is 10.1. The summed E-state index contributed by atoms with van der Waals surface area (Å²) in [4.78, 5) is 4.45. The van der Waals surface area contributed by atoms with E-state index >= 15 is 0 Å². The molecule has 7 heteroatoms. The molecule has 0 atom stereocenters. The first-order valence-corrected chi connectivity index (χ1v) is 8.60. The SMILES string of the molecule is C=C(C)Nc1ccc(Nc2nc3cccc(-c4ccc(F)c(F)c4)n3n2)cc1. The van der Waals surface area contributed by atoms with Gasteiger partial charge in [-0.1, -0.05) is 12.6 Å². The number of allylic oxidation sites excluding steroid dienone is 1. The molecule has 4 rings (SSSR count). The van der Waals surface area contributed by atoms with Crippen LogP contribution >= 0.6 is 0 Å². The van der Waals surface area contributed by atoms with E-state index in [-0.39, 0.29) is 0 Å². The van der Waals surface area contributed by atoms with Crippen molar-refractivity contribution in [3.05, 3.63) is 84.6 Å². The summed E-state index contributed by atoms with van der Waals surface area (Å²) in [5.74, 6) is -1.39. The van der Waals surface area contributed by atoms with Gasteiger partial charge in [0.1, 0.15) is 0 Å². The molecule has 2 aromatic heterocycles. The van der Waals surface area contributed by atoms with Gasteiger partial charge < -0.3 is 10.6 Å². The molecule has 5 nitrogen and oxygen atoms in total. The zero-order chi connectivity index (χ0) is 19.7. The Bertz CT molecular complexity index is 1170. The maximum absolute atomic E-state index is 13.6. The van der Waals surface area contributed by atoms with Crippen molar-refractivity contribution >= 4 is 23.0 Å². The van der Waals surface area contributed by atoms with Gasteiger partial charge in [-0.3, -0.25) is 0 Å². The fraction of sp³-hybridized carbons (Fsp3) is 0.0476. The van der Waals surface area contributed by atoms with Crippen molar-refractivity contribution < 1.29 is 8.78 Å². The summed E-state index contributed by atoms with van der Waals surface area (Å²) in [6.45, 7) is 5.70. The number of rotatable bonds is 5. The second-order valence-corrected chi connectivity index (χ2v) is 6.35. The third kappa shape index (κ3) is 3.55. The Kier molecular flexibility index (Phi) is 4.49. The summed E-state index contributed by atoms with van der Waals surface area (Å²) < 4.78 is 28.5. The van der Waals surface area contributed by atoms with E-state index in [9.17, 15) is 8.78 Å². The standard InChI is InChI=1S/C21H17F2N5/c1-13(2)24-15-7-9-16(10-8-15)25-21-26-20-5-3-4-19(28(20)27-21)14-6-11-17(22)18(23)12-14/h3-12,24H,1H2,2H3,(H,25,27). The zero-order valence-electron chi connectivity index (χ0n) is 15.1. The van der Waals surface area contributed by atoms with E-state index in [2.05, 4.69) is 27.3 Å². The Labute approximate surface area is 160 Å². The van der Waals surface area contributed by atoms with Crippen molar-refractivity contribution in [2.45, 2.75) is 6.92 Å². The average Bonchev–Trinajstić information content (AvgIpc) is 3.07. The lowest BCUT2D eigenvalue weighted by Gasteiger charge is -2.06. The summed E-state index contributed by atoms with van der Waals surface area (Å²) in [6, 6.07) is 16.7. The van der Waals surface area contributed by atoms with Gasteiger partial charge in [-0.15, -0.1) is 5.10 Å². The van der Waals surface area contributed by atoms with Gasteiger partial charge in [0.2, 0.25) is 5.95 Å². The normalized spacial score (nSPS) is 10.8. The molecule has 0 aliphatic rings. The summed E-state index contributed by atoms with van der Waals surface area (Å²) in [6.07, 6.45) is 0.